The van der Waals surface area contributed by atoms with Crippen LogP contribution in [0, 0.1) is 10.1 Å². The molecule has 1 heterocycles. The quantitative estimate of drug-likeness (QED) is 0.286. The molecule has 13 nitrogen and oxygen atoms in total. The molecule has 0 amide bonds. The van der Waals surface area contributed by atoms with Gasteiger partial charge < -0.3 is 9.47 Å². The average Bonchev–Trinajstić information content (AvgIpc) is 3.01. The third-order valence-electron chi connectivity index (χ3n) is 3.41. The predicted octanol–water partition coefficient (Wildman–Crippen LogP) is 1.78. The zero-order chi connectivity index (χ0) is 20.0. The van der Waals surface area contributed by atoms with E-state index in [4.69, 9.17) is 4.55 Å². The number of nitro groups is 1. The highest BCUT2D eigenvalue weighted by atomic mass is 32.3. The van der Waals surface area contributed by atoms with Crippen molar-refractivity contribution in [1.29, 1.82) is 0 Å². The van der Waals surface area contributed by atoms with Crippen LogP contribution in [0.3, 0.4) is 0 Å². The zero-order valence-corrected chi connectivity index (χ0v) is 15.3. The SMILES string of the molecule is CCN(CCOS(=O)(=O)O)c1ccc(N=Nc2nncn2C)cc1[N+](=O)[O-]. The summed E-state index contributed by atoms with van der Waals surface area (Å²) in [5.74, 6) is 0.235. The molecule has 0 aliphatic heterocycles. The molecule has 0 radical (unpaired) electrons. The molecule has 2 rings (SSSR count). The second-order valence-corrected chi connectivity index (χ2v) is 6.29. The highest BCUT2D eigenvalue weighted by Gasteiger charge is 2.20. The zero-order valence-electron chi connectivity index (χ0n) is 14.5. The summed E-state index contributed by atoms with van der Waals surface area (Å²) in [7, 11) is -2.90. The van der Waals surface area contributed by atoms with Crippen LogP contribution in [0.25, 0.3) is 0 Å². The molecule has 0 bridgehead atoms. The van der Waals surface area contributed by atoms with E-state index in [1.165, 1.54) is 34.0 Å². The van der Waals surface area contributed by atoms with Gasteiger partial charge in [0, 0.05) is 26.2 Å². The lowest BCUT2D eigenvalue weighted by molar-refractivity contribution is -0.384. The Hall–Kier alpha value is -2.97. The summed E-state index contributed by atoms with van der Waals surface area (Å²) in [6.07, 6.45) is 1.44. The molecule has 1 N–H and O–H groups in total. The van der Waals surface area contributed by atoms with E-state index >= 15 is 0 Å². The van der Waals surface area contributed by atoms with Gasteiger partial charge in [-0.15, -0.1) is 20.4 Å². The van der Waals surface area contributed by atoms with Crippen molar-refractivity contribution in [2.75, 3.05) is 24.6 Å². The molecule has 0 aliphatic carbocycles. The van der Waals surface area contributed by atoms with E-state index in [9.17, 15) is 18.5 Å². The number of nitro benzene ring substituents is 1. The van der Waals surface area contributed by atoms with Gasteiger partial charge in [0.15, 0.2) is 0 Å². The van der Waals surface area contributed by atoms with Crippen molar-refractivity contribution < 1.29 is 22.1 Å². The molecule has 0 aliphatic rings. The van der Waals surface area contributed by atoms with Crippen LogP contribution in [0.15, 0.2) is 34.8 Å². The van der Waals surface area contributed by atoms with Crippen molar-refractivity contribution in [1.82, 2.24) is 14.8 Å². The van der Waals surface area contributed by atoms with Gasteiger partial charge in [-0.25, -0.2) is 4.18 Å². The molecule has 0 spiro atoms. The smallest absolute Gasteiger partial charge is 0.364 e. The molecule has 1 aromatic carbocycles. The fourth-order valence-corrected chi connectivity index (χ4v) is 2.44. The van der Waals surface area contributed by atoms with Crippen LogP contribution in [0.4, 0.5) is 23.0 Å². The van der Waals surface area contributed by atoms with Crippen molar-refractivity contribution in [3.63, 3.8) is 0 Å². The fourth-order valence-electron chi connectivity index (χ4n) is 2.16. The minimum Gasteiger partial charge on any atom is -0.364 e. The number of rotatable bonds is 9. The maximum absolute atomic E-state index is 11.4. The summed E-state index contributed by atoms with van der Waals surface area (Å²) in [4.78, 5) is 12.4. The monoisotopic (exact) mass is 399 g/mol. The molecular weight excluding hydrogens is 382 g/mol. The summed E-state index contributed by atoms with van der Waals surface area (Å²) in [5.41, 5.74) is 0.246. The maximum atomic E-state index is 11.4. The molecule has 0 unspecified atom stereocenters. The van der Waals surface area contributed by atoms with Gasteiger partial charge in [-0.05, 0) is 19.1 Å². The lowest BCUT2D eigenvalue weighted by Crippen LogP contribution is -2.28. The van der Waals surface area contributed by atoms with Crippen LogP contribution in [0.1, 0.15) is 6.92 Å². The Labute approximate surface area is 154 Å². The molecule has 1 aromatic heterocycles. The van der Waals surface area contributed by atoms with Gasteiger partial charge in [0.1, 0.15) is 12.0 Å². The first-order valence-electron chi connectivity index (χ1n) is 7.62. The first-order chi connectivity index (χ1) is 12.7. The largest absolute Gasteiger partial charge is 0.397 e. The van der Waals surface area contributed by atoms with E-state index in [1.54, 1.807) is 14.0 Å². The Morgan fingerprint density at radius 2 is 2.15 bits per heavy atom. The number of azo groups is 1. The van der Waals surface area contributed by atoms with E-state index in [2.05, 4.69) is 24.6 Å². The normalized spacial score (nSPS) is 11.8. The molecule has 0 saturated heterocycles. The molecule has 0 saturated carbocycles. The Bertz CT molecular complexity index is 942. The first kappa shape index (κ1) is 20.3. The summed E-state index contributed by atoms with van der Waals surface area (Å²) >= 11 is 0. The van der Waals surface area contributed by atoms with E-state index in [1.807, 2.05) is 0 Å². The lowest BCUT2D eigenvalue weighted by atomic mass is 10.2. The van der Waals surface area contributed by atoms with Gasteiger partial charge >= 0.3 is 10.4 Å². The number of benzene rings is 1. The Morgan fingerprint density at radius 3 is 2.70 bits per heavy atom. The van der Waals surface area contributed by atoms with Crippen molar-refractivity contribution in [3.05, 3.63) is 34.6 Å². The predicted molar refractivity (Wildman–Crippen MR) is 93.7 cm³/mol. The number of aryl methyl sites for hydroxylation is 1. The lowest BCUT2D eigenvalue weighted by Gasteiger charge is -2.22. The minimum atomic E-state index is -4.58. The van der Waals surface area contributed by atoms with Crippen molar-refractivity contribution in [2.45, 2.75) is 6.92 Å². The maximum Gasteiger partial charge on any atom is 0.397 e. The number of aromatic nitrogens is 3. The third-order valence-corrected chi connectivity index (χ3v) is 3.88. The van der Waals surface area contributed by atoms with Gasteiger partial charge in [0.2, 0.25) is 0 Å². The second kappa shape index (κ2) is 8.61. The van der Waals surface area contributed by atoms with Crippen molar-refractivity contribution >= 4 is 33.4 Å². The topological polar surface area (TPSA) is 165 Å². The Balaban J connectivity index is 2.24. The van der Waals surface area contributed by atoms with Crippen molar-refractivity contribution in [3.8, 4) is 0 Å². The van der Waals surface area contributed by atoms with Crippen LogP contribution in [0.5, 0.6) is 0 Å². The number of anilines is 1. The van der Waals surface area contributed by atoms with E-state index in [0.29, 0.717) is 6.54 Å². The number of nitrogens with zero attached hydrogens (tertiary/aromatic N) is 7. The standard InChI is InChI=1S/C13H17N7O6S/c1-3-19(6-7-26-27(23,24)25)11-5-4-10(8-12(11)20(21)22)15-17-13-16-14-9-18(13)2/h4-5,8-9H,3,6-7H2,1-2H3,(H,23,24,25). The summed E-state index contributed by atoms with van der Waals surface area (Å²) in [6.45, 7) is 1.72. The minimum absolute atomic E-state index is 0.0108. The summed E-state index contributed by atoms with van der Waals surface area (Å²) in [5, 5.41) is 26.6. The molecule has 14 heteroatoms. The third kappa shape index (κ3) is 5.77. The van der Waals surface area contributed by atoms with E-state index < -0.39 is 15.3 Å². The summed E-state index contributed by atoms with van der Waals surface area (Å²) < 4.78 is 35.6. The molecule has 0 fully saturated rings. The number of hydrogen-bond acceptors (Lipinski definition) is 10. The number of likely N-dealkylation sites (N-methyl/N-ethyl adjacent to an activating group) is 1. The second-order valence-electron chi connectivity index (χ2n) is 5.20. The van der Waals surface area contributed by atoms with E-state index in [0.717, 1.165) is 0 Å². The van der Waals surface area contributed by atoms with Crippen LogP contribution < -0.4 is 4.90 Å². The molecule has 146 valence electrons. The average molecular weight is 399 g/mol. The highest BCUT2D eigenvalue weighted by Crippen LogP contribution is 2.32. The van der Waals surface area contributed by atoms with Gasteiger partial charge in [-0.3, -0.25) is 14.7 Å². The Morgan fingerprint density at radius 1 is 1.41 bits per heavy atom. The van der Waals surface area contributed by atoms with Gasteiger partial charge in [0.05, 0.1) is 17.2 Å². The highest BCUT2D eigenvalue weighted by molar-refractivity contribution is 7.80. The fraction of sp³-hybridized carbons (Fsp3) is 0.385. The van der Waals surface area contributed by atoms with Crippen LogP contribution in [-0.4, -0.2) is 52.4 Å². The van der Waals surface area contributed by atoms with Gasteiger partial charge in [-0.1, -0.05) is 0 Å². The van der Waals surface area contributed by atoms with Crippen LogP contribution in [-0.2, 0) is 21.6 Å². The van der Waals surface area contributed by atoms with Crippen molar-refractivity contribution in [2.24, 2.45) is 17.3 Å². The molecular formula is C13H17N7O6S. The van der Waals surface area contributed by atoms with Crippen LogP contribution >= 0.6 is 0 Å². The Kier molecular flexibility index (Phi) is 6.49. The molecule has 2 aromatic rings. The van der Waals surface area contributed by atoms with E-state index in [-0.39, 0.29) is 36.2 Å². The molecule has 27 heavy (non-hydrogen) atoms. The van der Waals surface area contributed by atoms with Crippen LogP contribution in [0.2, 0.25) is 0 Å². The number of hydrogen-bond donors (Lipinski definition) is 1. The van der Waals surface area contributed by atoms with Gasteiger partial charge in [-0.2, -0.15) is 8.42 Å². The summed E-state index contributed by atoms with van der Waals surface area (Å²) in [6, 6.07) is 4.23. The van der Waals surface area contributed by atoms with Gasteiger partial charge in [0.25, 0.3) is 11.6 Å². The first-order valence-corrected chi connectivity index (χ1v) is 8.98. The molecule has 0 atom stereocenters.